The number of nitrogens with zero attached hydrogens (tertiary/aromatic N) is 3. The summed E-state index contributed by atoms with van der Waals surface area (Å²) in [6.45, 7) is 6.45. The molecule has 0 aliphatic carbocycles. The maximum Gasteiger partial charge on any atom is 0.223 e. The van der Waals surface area contributed by atoms with E-state index in [1.807, 2.05) is 12.1 Å². The molecular weight excluding hydrogens is 403 g/mol. The number of anilines is 1. The molecule has 1 aromatic heterocycles. The molecule has 1 fully saturated rings. The Morgan fingerprint density at radius 3 is 2.28 bits per heavy atom. The third kappa shape index (κ3) is 5.31. The van der Waals surface area contributed by atoms with Crippen LogP contribution in [0.1, 0.15) is 43.7 Å². The molecule has 5 nitrogen and oxygen atoms in total. The van der Waals surface area contributed by atoms with Gasteiger partial charge < -0.3 is 10.2 Å². The van der Waals surface area contributed by atoms with Gasteiger partial charge in [-0.25, -0.2) is 4.39 Å². The van der Waals surface area contributed by atoms with Crippen molar-refractivity contribution < 1.29 is 9.18 Å². The Morgan fingerprint density at radius 2 is 1.69 bits per heavy atom. The Labute approximate surface area is 188 Å². The van der Waals surface area contributed by atoms with Crippen LogP contribution < -0.4 is 10.2 Å². The van der Waals surface area contributed by atoms with Crippen LogP contribution in [0.3, 0.4) is 0 Å². The van der Waals surface area contributed by atoms with E-state index in [1.165, 1.54) is 17.7 Å². The van der Waals surface area contributed by atoms with E-state index < -0.39 is 0 Å². The normalized spacial score (nSPS) is 14.6. The molecule has 3 aromatic rings. The van der Waals surface area contributed by atoms with Gasteiger partial charge in [-0.3, -0.25) is 4.79 Å². The molecule has 1 aliphatic heterocycles. The molecule has 0 spiro atoms. The summed E-state index contributed by atoms with van der Waals surface area (Å²) < 4.78 is 13.1. The van der Waals surface area contributed by atoms with Gasteiger partial charge in [0.2, 0.25) is 5.91 Å². The van der Waals surface area contributed by atoms with Crippen molar-refractivity contribution in [3.05, 3.63) is 77.6 Å². The molecule has 2 aromatic carbocycles. The van der Waals surface area contributed by atoms with Crippen LogP contribution in [0.2, 0.25) is 0 Å². The van der Waals surface area contributed by atoms with Gasteiger partial charge in [-0.2, -0.15) is 0 Å². The average Bonchev–Trinajstić information content (AvgIpc) is 2.83. The van der Waals surface area contributed by atoms with Crippen LogP contribution >= 0.6 is 0 Å². The van der Waals surface area contributed by atoms with Gasteiger partial charge in [0.05, 0.1) is 5.69 Å². The summed E-state index contributed by atoms with van der Waals surface area (Å²) in [6.07, 6.45) is 1.58. The number of hydrogen-bond acceptors (Lipinski definition) is 4. The quantitative estimate of drug-likeness (QED) is 0.600. The topological polar surface area (TPSA) is 58.1 Å². The van der Waals surface area contributed by atoms with Crippen molar-refractivity contribution in [1.29, 1.82) is 0 Å². The molecule has 0 atom stereocenters. The Balaban J connectivity index is 1.27. The number of rotatable bonds is 6. The Hall–Kier alpha value is -3.28. The number of hydrogen-bond donors (Lipinski definition) is 1. The number of carbonyl (C=O) groups is 1. The highest BCUT2D eigenvalue weighted by Crippen LogP contribution is 2.24. The number of piperidine rings is 1. The minimum atomic E-state index is -0.269. The van der Waals surface area contributed by atoms with Gasteiger partial charge in [0.1, 0.15) is 5.82 Å². The van der Waals surface area contributed by atoms with E-state index in [4.69, 9.17) is 0 Å². The Morgan fingerprint density at radius 1 is 1.00 bits per heavy atom. The summed E-state index contributed by atoms with van der Waals surface area (Å²) in [4.78, 5) is 14.8. The SMILES string of the molecule is CC(C)c1ccc(CNC(=O)C2CCN(c3ccc(-c4ccc(F)cc4)nn3)CC2)cc1. The van der Waals surface area contributed by atoms with Crippen LogP contribution in [0.4, 0.5) is 10.2 Å². The number of nitrogens with one attached hydrogen (secondary N) is 1. The Bertz CT molecular complexity index is 1020. The van der Waals surface area contributed by atoms with Crippen LogP contribution in [0.25, 0.3) is 11.3 Å². The third-order valence-electron chi connectivity index (χ3n) is 6.09. The smallest absolute Gasteiger partial charge is 0.223 e. The van der Waals surface area contributed by atoms with Crippen LogP contribution in [0.15, 0.2) is 60.7 Å². The molecular formula is C26H29FN4O. The first kappa shape index (κ1) is 21.9. The van der Waals surface area contributed by atoms with Crippen molar-refractivity contribution >= 4 is 11.7 Å². The second kappa shape index (κ2) is 9.90. The van der Waals surface area contributed by atoms with Crippen molar-refractivity contribution in [2.45, 2.75) is 39.2 Å². The molecule has 0 bridgehead atoms. The van der Waals surface area contributed by atoms with E-state index in [9.17, 15) is 9.18 Å². The number of amides is 1. The van der Waals surface area contributed by atoms with Gasteiger partial charge in [0.15, 0.2) is 5.82 Å². The van der Waals surface area contributed by atoms with Crippen LogP contribution in [0.5, 0.6) is 0 Å². The summed E-state index contributed by atoms with van der Waals surface area (Å²) in [5, 5.41) is 11.7. The highest BCUT2D eigenvalue weighted by Gasteiger charge is 2.25. The average molecular weight is 433 g/mol. The van der Waals surface area contributed by atoms with E-state index in [0.29, 0.717) is 18.2 Å². The van der Waals surface area contributed by atoms with Crippen molar-refractivity contribution in [2.75, 3.05) is 18.0 Å². The summed E-state index contributed by atoms with van der Waals surface area (Å²) in [7, 11) is 0. The lowest BCUT2D eigenvalue weighted by Gasteiger charge is -2.31. The first-order valence-corrected chi connectivity index (χ1v) is 11.2. The van der Waals surface area contributed by atoms with Gasteiger partial charge in [-0.05, 0) is 66.3 Å². The van der Waals surface area contributed by atoms with Gasteiger partial charge in [0, 0.05) is 31.1 Å². The molecule has 1 amide bonds. The van der Waals surface area contributed by atoms with E-state index >= 15 is 0 Å². The fraction of sp³-hybridized carbons (Fsp3) is 0.346. The van der Waals surface area contributed by atoms with Gasteiger partial charge in [-0.15, -0.1) is 10.2 Å². The lowest BCUT2D eigenvalue weighted by Crippen LogP contribution is -2.40. The predicted molar refractivity (Wildman–Crippen MR) is 125 cm³/mol. The van der Waals surface area contributed by atoms with Crippen molar-refractivity contribution in [1.82, 2.24) is 15.5 Å². The van der Waals surface area contributed by atoms with E-state index in [1.54, 1.807) is 12.1 Å². The predicted octanol–water partition coefficient (Wildman–Crippen LogP) is 4.94. The monoisotopic (exact) mass is 432 g/mol. The fourth-order valence-corrected chi connectivity index (χ4v) is 3.99. The van der Waals surface area contributed by atoms with E-state index in [0.717, 1.165) is 42.9 Å². The first-order chi connectivity index (χ1) is 15.5. The van der Waals surface area contributed by atoms with Crippen molar-refractivity contribution in [3.8, 4) is 11.3 Å². The van der Waals surface area contributed by atoms with Crippen molar-refractivity contribution in [2.24, 2.45) is 5.92 Å². The highest BCUT2D eigenvalue weighted by atomic mass is 19.1. The molecule has 0 unspecified atom stereocenters. The summed E-state index contributed by atoms with van der Waals surface area (Å²) in [5.74, 6) is 1.19. The van der Waals surface area contributed by atoms with Crippen molar-refractivity contribution in [3.63, 3.8) is 0 Å². The zero-order valence-electron chi connectivity index (χ0n) is 18.6. The summed E-state index contributed by atoms with van der Waals surface area (Å²) >= 11 is 0. The molecule has 1 N–H and O–H groups in total. The zero-order chi connectivity index (χ0) is 22.5. The number of halogens is 1. The second-order valence-electron chi connectivity index (χ2n) is 8.66. The Kier molecular flexibility index (Phi) is 6.78. The molecule has 32 heavy (non-hydrogen) atoms. The zero-order valence-corrected chi connectivity index (χ0v) is 18.6. The molecule has 1 saturated heterocycles. The molecule has 0 saturated carbocycles. The molecule has 6 heteroatoms. The van der Waals surface area contributed by atoms with Crippen LogP contribution in [-0.2, 0) is 11.3 Å². The minimum absolute atomic E-state index is 0.0210. The van der Waals surface area contributed by atoms with Gasteiger partial charge in [-0.1, -0.05) is 38.1 Å². The maximum atomic E-state index is 13.1. The fourth-order valence-electron chi connectivity index (χ4n) is 3.99. The van der Waals surface area contributed by atoms with Gasteiger partial charge in [0.25, 0.3) is 0 Å². The highest BCUT2D eigenvalue weighted by molar-refractivity contribution is 5.79. The second-order valence-corrected chi connectivity index (χ2v) is 8.66. The van der Waals surface area contributed by atoms with E-state index in [-0.39, 0.29) is 17.6 Å². The lowest BCUT2D eigenvalue weighted by molar-refractivity contribution is -0.125. The van der Waals surface area contributed by atoms with Crippen LogP contribution in [-0.4, -0.2) is 29.2 Å². The summed E-state index contributed by atoms with van der Waals surface area (Å²) in [5.41, 5.74) is 3.97. The standard InChI is InChI=1S/C26H29FN4O/c1-18(2)20-5-3-19(4-6-20)17-28-26(32)22-13-15-31(16-14-22)25-12-11-24(29-30-25)21-7-9-23(27)10-8-21/h3-12,18,22H,13-17H2,1-2H3,(H,28,32). The maximum absolute atomic E-state index is 13.1. The molecule has 4 rings (SSSR count). The largest absolute Gasteiger partial charge is 0.355 e. The molecule has 2 heterocycles. The third-order valence-corrected chi connectivity index (χ3v) is 6.09. The number of benzene rings is 2. The van der Waals surface area contributed by atoms with E-state index in [2.05, 4.69) is 58.5 Å². The van der Waals surface area contributed by atoms with Gasteiger partial charge >= 0.3 is 0 Å². The number of carbonyl (C=O) groups excluding carboxylic acids is 1. The lowest BCUT2D eigenvalue weighted by atomic mass is 9.95. The first-order valence-electron chi connectivity index (χ1n) is 11.2. The molecule has 166 valence electrons. The number of aromatic nitrogens is 2. The molecule has 1 aliphatic rings. The molecule has 0 radical (unpaired) electrons. The van der Waals surface area contributed by atoms with Crippen LogP contribution in [0, 0.1) is 11.7 Å². The minimum Gasteiger partial charge on any atom is -0.355 e. The summed E-state index contributed by atoms with van der Waals surface area (Å²) in [6, 6.07) is 18.5.